The van der Waals surface area contributed by atoms with Crippen LogP contribution in [0, 0.1) is 11.3 Å². The van der Waals surface area contributed by atoms with E-state index in [0.29, 0.717) is 0 Å². The van der Waals surface area contributed by atoms with Gasteiger partial charge in [-0.25, -0.2) is 0 Å². The van der Waals surface area contributed by atoms with Crippen molar-refractivity contribution in [3.63, 3.8) is 0 Å². The molecule has 1 heterocycles. The fourth-order valence-electron chi connectivity index (χ4n) is 3.28. The molecule has 3 heteroatoms. The summed E-state index contributed by atoms with van der Waals surface area (Å²) in [5.74, 6) is 0.218. The molecule has 0 aliphatic carbocycles. The van der Waals surface area contributed by atoms with Crippen molar-refractivity contribution in [1.29, 1.82) is 0 Å². The maximum absolute atomic E-state index is 9.83. The van der Waals surface area contributed by atoms with Gasteiger partial charge in [-0.2, -0.15) is 0 Å². The van der Waals surface area contributed by atoms with Gasteiger partial charge < -0.3 is 14.6 Å². The number of rotatable bonds is 5. The second-order valence-corrected chi connectivity index (χ2v) is 6.85. The lowest BCUT2D eigenvalue weighted by molar-refractivity contribution is -0.283. The van der Waals surface area contributed by atoms with E-state index in [2.05, 4.69) is 41.2 Å². The number of hydrogen-bond donors (Lipinski definition) is 1. The Labute approximate surface area is 130 Å². The van der Waals surface area contributed by atoms with Crippen LogP contribution in [0.1, 0.15) is 54.9 Å². The van der Waals surface area contributed by atoms with Crippen molar-refractivity contribution in [2.24, 2.45) is 11.3 Å². The lowest BCUT2D eigenvalue weighted by Crippen LogP contribution is -2.54. The highest BCUT2D eigenvalue weighted by molar-refractivity contribution is 5.18. The van der Waals surface area contributed by atoms with E-state index >= 15 is 0 Å². The molecule has 1 unspecified atom stereocenters. The van der Waals surface area contributed by atoms with Crippen LogP contribution >= 0.6 is 0 Å². The first-order chi connectivity index (χ1) is 9.66. The summed E-state index contributed by atoms with van der Waals surface area (Å²) in [6.45, 7) is 18.4. The van der Waals surface area contributed by atoms with Crippen LogP contribution in [0.5, 0.6) is 0 Å². The Bertz CT molecular complexity index is 395. The molecule has 1 rings (SSSR count). The zero-order chi connectivity index (χ0) is 16.4. The van der Waals surface area contributed by atoms with Gasteiger partial charge >= 0.3 is 0 Å². The van der Waals surface area contributed by atoms with Crippen LogP contribution in [0.3, 0.4) is 0 Å². The average molecular weight is 296 g/mol. The van der Waals surface area contributed by atoms with E-state index in [1.165, 1.54) is 5.57 Å². The van der Waals surface area contributed by atoms with Gasteiger partial charge in [0.2, 0.25) is 0 Å². The minimum Gasteiger partial charge on any atom is -0.389 e. The fraction of sp³-hybridized carbons (Fsp3) is 0.778. The molecule has 0 bridgehead atoms. The van der Waals surface area contributed by atoms with Gasteiger partial charge in [-0.3, -0.25) is 0 Å². The second-order valence-electron chi connectivity index (χ2n) is 6.85. The van der Waals surface area contributed by atoms with Gasteiger partial charge in [0.1, 0.15) is 0 Å². The first kappa shape index (κ1) is 18.4. The van der Waals surface area contributed by atoms with E-state index in [1.807, 2.05) is 13.8 Å². The van der Waals surface area contributed by atoms with Gasteiger partial charge in [-0.1, -0.05) is 39.8 Å². The predicted molar refractivity (Wildman–Crippen MR) is 87.0 cm³/mol. The zero-order valence-electron chi connectivity index (χ0n) is 14.6. The standard InChI is InChI=1S/C18H32O3/c1-9-15-18(7,8)17(21-16(10-2)20-15)13(5)11(3)12(4)14(6)19/h10,13-17,19H,2,9H2,1,3-8H3/b12-11+/t13-,14-,15-,16?,17-/m0/s1. The average Bonchev–Trinajstić information content (AvgIpc) is 2.44. The van der Waals surface area contributed by atoms with Crippen LogP contribution in [0.25, 0.3) is 0 Å². The van der Waals surface area contributed by atoms with Crippen LogP contribution in [0.4, 0.5) is 0 Å². The SMILES string of the molecule is C=CC1O[C@@H](CC)C(C)(C)[C@H]([C@@H](C)/C(C)=C(\C)[C@H](C)O)O1. The van der Waals surface area contributed by atoms with E-state index in [1.54, 1.807) is 6.08 Å². The number of hydrogen-bond acceptors (Lipinski definition) is 3. The van der Waals surface area contributed by atoms with Crippen molar-refractivity contribution in [3.05, 3.63) is 23.8 Å². The molecule has 21 heavy (non-hydrogen) atoms. The number of aliphatic hydroxyl groups excluding tert-OH is 1. The highest BCUT2D eigenvalue weighted by atomic mass is 16.7. The molecule has 1 fully saturated rings. The highest BCUT2D eigenvalue weighted by Gasteiger charge is 2.46. The molecule has 0 aromatic rings. The van der Waals surface area contributed by atoms with Crippen molar-refractivity contribution >= 4 is 0 Å². The summed E-state index contributed by atoms with van der Waals surface area (Å²) in [5, 5.41) is 9.83. The predicted octanol–water partition coefficient (Wildman–Crippen LogP) is 4.07. The molecule has 0 spiro atoms. The summed E-state index contributed by atoms with van der Waals surface area (Å²) in [6.07, 6.45) is 2.07. The minimum atomic E-state index is -0.424. The third-order valence-electron chi connectivity index (χ3n) is 5.09. The van der Waals surface area contributed by atoms with Crippen molar-refractivity contribution in [1.82, 2.24) is 0 Å². The van der Waals surface area contributed by atoms with E-state index in [0.717, 1.165) is 12.0 Å². The first-order valence-electron chi connectivity index (χ1n) is 7.95. The monoisotopic (exact) mass is 296 g/mol. The summed E-state index contributed by atoms with van der Waals surface area (Å²) in [4.78, 5) is 0. The molecule has 1 N–H and O–H groups in total. The normalized spacial score (nSPS) is 33.0. The maximum Gasteiger partial charge on any atom is 0.177 e. The minimum absolute atomic E-state index is 0.0351. The van der Waals surface area contributed by atoms with E-state index in [9.17, 15) is 5.11 Å². The largest absolute Gasteiger partial charge is 0.389 e. The lowest BCUT2D eigenvalue weighted by Gasteiger charge is -2.49. The van der Waals surface area contributed by atoms with Crippen LogP contribution in [0.2, 0.25) is 0 Å². The summed E-state index contributed by atoms with van der Waals surface area (Å²) in [7, 11) is 0. The second kappa shape index (κ2) is 7.08. The van der Waals surface area contributed by atoms with Gasteiger partial charge in [0, 0.05) is 11.3 Å². The van der Waals surface area contributed by atoms with E-state index < -0.39 is 6.10 Å². The third kappa shape index (κ3) is 3.77. The highest BCUT2D eigenvalue weighted by Crippen LogP contribution is 2.43. The number of ether oxygens (including phenoxy) is 2. The van der Waals surface area contributed by atoms with Gasteiger partial charge in [0.05, 0.1) is 18.3 Å². The Kier molecular flexibility index (Phi) is 6.21. The van der Waals surface area contributed by atoms with Gasteiger partial charge in [0.25, 0.3) is 0 Å². The van der Waals surface area contributed by atoms with Crippen molar-refractivity contribution < 1.29 is 14.6 Å². The van der Waals surface area contributed by atoms with E-state index in [4.69, 9.17) is 9.47 Å². The van der Waals surface area contributed by atoms with Crippen molar-refractivity contribution in [2.45, 2.75) is 79.5 Å². The molecule has 1 aliphatic heterocycles. The summed E-state index contributed by atoms with van der Waals surface area (Å²) < 4.78 is 12.1. The number of aliphatic hydroxyl groups is 1. The van der Waals surface area contributed by atoms with Gasteiger partial charge in [-0.05, 0) is 38.8 Å². The molecule has 0 aromatic carbocycles. The molecule has 0 aromatic heterocycles. The van der Waals surface area contributed by atoms with Crippen LogP contribution in [-0.2, 0) is 9.47 Å². The summed E-state index contributed by atoms with van der Waals surface area (Å²) in [5.41, 5.74) is 2.13. The Balaban J connectivity index is 3.12. The van der Waals surface area contributed by atoms with Gasteiger partial charge in [-0.15, -0.1) is 0 Å². The lowest BCUT2D eigenvalue weighted by atomic mass is 9.71. The smallest absolute Gasteiger partial charge is 0.177 e. The van der Waals surface area contributed by atoms with Gasteiger partial charge in [0.15, 0.2) is 6.29 Å². The molecule has 3 nitrogen and oxygen atoms in total. The zero-order valence-corrected chi connectivity index (χ0v) is 14.6. The Hall–Kier alpha value is -0.640. The quantitative estimate of drug-likeness (QED) is 0.777. The molecule has 122 valence electrons. The summed E-state index contributed by atoms with van der Waals surface area (Å²) in [6, 6.07) is 0. The first-order valence-corrected chi connectivity index (χ1v) is 7.95. The Morgan fingerprint density at radius 2 is 1.81 bits per heavy atom. The molecule has 5 atom stereocenters. The Morgan fingerprint density at radius 1 is 1.24 bits per heavy atom. The Morgan fingerprint density at radius 3 is 2.24 bits per heavy atom. The van der Waals surface area contributed by atoms with E-state index in [-0.39, 0.29) is 29.8 Å². The van der Waals surface area contributed by atoms with Crippen LogP contribution in [0.15, 0.2) is 23.8 Å². The van der Waals surface area contributed by atoms with Crippen LogP contribution < -0.4 is 0 Å². The third-order valence-corrected chi connectivity index (χ3v) is 5.09. The van der Waals surface area contributed by atoms with Crippen LogP contribution in [-0.4, -0.2) is 29.7 Å². The molecule has 1 saturated heterocycles. The fourth-order valence-corrected chi connectivity index (χ4v) is 3.28. The van der Waals surface area contributed by atoms with Crippen molar-refractivity contribution in [2.75, 3.05) is 0 Å². The molecule has 0 amide bonds. The molecular weight excluding hydrogens is 264 g/mol. The maximum atomic E-state index is 9.83. The molecular formula is C18H32O3. The molecule has 0 saturated carbocycles. The topological polar surface area (TPSA) is 38.7 Å². The molecule has 0 radical (unpaired) electrons. The summed E-state index contributed by atoms with van der Waals surface area (Å²) >= 11 is 0. The van der Waals surface area contributed by atoms with Crippen molar-refractivity contribution in [3.8, 4) is 0 Å². The molecule has 1 aliphatic rings.